The summed E-state index contributed by atoms with van der Waals surface area (Å²) in [5, 5.41) is 6.10. The largest absolute Gasteiger partial charge is 0.492 e. The predicted molar refractivity (Wildman–Crippen MR) is 107 cm³/mol. The number of carbonyl (C=O) groups excluding carboxylic acids is 2. The lowest BCUT2D eigenvalue weighted by molar-refractivity contribution is -0.117. The van der Waals surface area contributed by atoms with Gasteiger partial charge in [-0.15, -0.1) is 0 Å². The molecular weight excluding hydrogens is 352 g/mol. The van der Waals surface area contributed by atoms with Crippen molar-refractivity contribution in [2.45, 2.75) is 38.3 Å². The van der Waals surface area contributed by atoms with Gasteiger partial charge in [-0.1, -0.05) is 43.8 Å². The minimum Gasteiger partial charge on any atom is -0.492 e. The van der Waals surface area contributed by atoms with E-state index in [4.69, 9.17) is 4.74 Å². The van der Waals surface area contributed by atoms with Gasteiger partial charge in [-0.05, 0) is 47.2 Å². The van der Waals surface area contributed by atoms with Crippen molar-refractivity contribution >= 4 is 11.8 Å². The summed E-state index contributed by atoms with van der Waals surface area (Å²) in [5.74, 6) is 0.277. The van der Waals surface area contributed by atoms with Gasteiger partial charge in [0.25, 0.3) is 5.91 Å². The third-order valence-corrected chi connectivity index (χ3v) is 5.53. The lowest BCUT2D eigenvalue weighted by Gasteiger charge is -2.23. The zero-order valence-electron chi connectivity index (χ0n) is 16.0. The Kier molecular flexibility index (Phi) is 4.90. The number of hydrogen-bond donors (Lipinski definition) is 2. The van der Waals surface area contributed by atoms with Crippen molar-refractivity contribution in [3.63, 3.8) is 0 Å². The Bertz CT molecular complexity index is 951. The Morgan fingerprint density at radius 2 is 2.04 bits per heavy atom. The Morgan fingerprint density at radius 1 is 1.21 bits per heavy atom. The smallest absolute Gasteiger partial charge is 0.255 e. The fourth-order valence-corrected chi connectivity index (χ4v) is 4.11. The molecule has 0 saturated heterocycles. The summed E-state index contributed by atoms with van der Waals surface area (Å²) >= 11 is 0. The number of hydrogen-bond acceptors (Lipinski definition) is 3. The molecule has 0 bridgehead atoms. The van der Waals surface area contributed by atoms with Crippen LogP contribution in [0.5, 0.6) is 5.75 Å². The molecule has 2 aromatic rings. The molecule has 1 aliphatic carbocycles. The lowest BCUT2D eigenvalue weighted by Crippen LogP contribution is -2.44. The maximum absolute atomic E-state index is 13.2. The Hall–Kier alpha value is -3.08. The maximum atomic E-state index is 13.2. The normalized spacial score (nSPS) is 19.3. The van der Waals surface area contributed by atoms with Crippen LogP contribution in [0, 0.1) is 0 Å². The van der Waals surface area contributed by atoms with Gasteiger partial charge in [0.1, 0.15) is 5.75 Å². The van der Waals surface area contributed by atoms with Crippen molar-refractivity contribution in [2.75, 3.05) is 6.61 Å². The number of aryl methyl sites for hydroxylation is 1. The van der Waals surface area contributed by atoms with Crippen molar-refractivity contribution in [2.24, 2.45) is 0 Å². The molecule has 2 N–H and O–H groups in total. The summed E-state index contributed by atoms with van der Waals surface area (Å²) in [6.07, 6.45) is 3.61. The molecule has 0 radical (unpaired) electrons. The van der Waals surface area contributed by atoms with Crippen LogP contribution in [0.4, 0.5) is 0 Å². The molecule has 2 atom stereocenters. The topological polar surface area (TPSA) is 67.4 Å². The van der Waals surface area contributed by atoms with Crippen LogP contribution >= 0.6 is 0 Å². The van der Waals surface area contributed by atoms with Crippen LogP contribution in [-0.2, 0) is 24.1 Å². The Morgan fingerprint density at radius 3 is 2.82 bits per heavy atom. The molecule has 28 heavy (non-hydrogen) atoms. The van der Waals surface area contributed by atoms with Gasteiger partial charge in [-0.25, -0.2) is 0 Å². The van der Waals surface area contributed by atoms with Crippen LogP contribution in [0.3, 0.4) is 0 Å². The summed E-state index contributed by atoms with van der Waals surface area (Å²) in [4.78, 5) is 25.1. The quantitative estimate of drug-likeness (QED) is 0.789. The second-order valence-corrected chi connectivity index (χ2v) is 7.26. The lowest BCUT2D eigenvalue weighted by atomic mass is 10.0. The minimum absolute atomic E-state index is 0.163. The molecule has 0 unspecified atom stereocenters. The average molecular weight is 376 g/mol. The molecule has 0 saturated carbocycles. The molecule has 2 aromatic carbocycles. The minimum atomic E-state index is -0.283. The first-order chi connectivity index (χ1) is 13.6. The van der Waals surface area contributed by atoms with E-state index in [-0.39, 0.29) is 23.9 Å². The SMILES string of the molecule is C=CC(=O)N[C@@H]1c2ccccc2C[C@H]1NC(=O)c1cc(CC)cc2c1OCC2. The Balaban J connectivity index is 1.62. The molecule has 4 rings (SSSR count). The van der Waals surface area contributed by atoms with Crippen LogP contribution in [-0.4, -0.2) is 24.5 Å². The first-order valence-corrected chi connectivity index (χ1v) is 9.71. The van der Waals surface area contributed by atoms with Gasteiger partial charge in [0.15, 0.2) is 0 Å². The van der Waals surface area contributed by atoms with E-state index in [0.717, 1.165) is 35.1 Å². The highest BCUT2D eigenvalue weighted by Crippen LogP contribution is 2.34. The van der Waals surface area contributed by atoms with E-state index in [1.165, 1.54) is 6.08 Å². The first-order valence-electron chi connectivity index (χ1n) is 9.71. The number of benzene rings is 2. The third kappa shape index (κ3) is 3.28. The van der Waals surface area contributed by atoms with Gasteiger partial charge >= 0.3 is 0 Å². The average Bonchev–Trinajstić information content (AvgIpc) is 3.31. The van der Waals surface area contributed by atoms with Gasteiger partial charge in [0, 0.05) is 6.42 Å². The van der Waals surface area contributed by atoms with Crippen LogP contribution in [0.2, 0.25) is 0 Å². The van der Waals surface area contributed by atoms with E-state index in [1.807, 2.05) is 30.3 Å². The number of fused-ring (bicyclic) bond motifs is 2. The van der Waals surface area contributed by atoms with Crippen molar-refractivity contribution in [3.05, 3.63) is 76.9 Å². The van der Waals surface area contributed by atoms with Crippen LogP contribution in [0.15, 0.2) is 49.1 Å². The summed E-state index contributed by atoms with van der Waals surface area (Å²) in [7, 11) is 0. The van der Waals surface area contributed by atoms with Gasteiger partial charge in [0.2, 0.25) is 5.91 Å². The van der Waals surface area contributed by atoms with Crippen molar-refractivity contribution in [3.8, 4) is 5.75 Å². The summed E-state index contributed by atoms with van der Waals surface area (Å²) in [6, 6.07) is 11.5. The van der Waals surface area contributed by atoms with E-state index in [9.17, 15) is 9.59 Å². The molecule has 1 heterocycles. The number of rotatable bonds is 5. The molecule has 2 amide bonds. The highest BCUT2D eigenvalue weighted by Gasteiger charge is 2.35. The van der Waals surface area contributed by atoms with E-state index in [2.05, 4.69) is 30.2 Å². The predicted octanol–water partition coefficient (Wildman–Crippen LogP) is 2.88. The van der Waals surface area contributed by atoms with E-state index in [1.54, 1.807) is 0 Å². The first kappa shape index (κ1) is 18.3. The van der Waals surface area contributed by atoms with E-state index < -0.39 is 0 Å². The van der Waals surface area contributed by atoms with Gasteiger partial charge in [0.05, 0.1) is 24.3 Å². The molecule has 144 valence electrons. The summed E-state index contributed by atoms with van der Waals surface area (Å²) in [5.41, 5.74) is 4.96. The molecular formula is C23H24N2O3. The second kappa shape index (κ2) is 7.50. The standard InChI is InChI=1S/C23H24N2O3/c1-3-14-11-16-9-10-28-22(16)18(12-14)23(27)24-19-13-15-7-5-6-8-17(15)21(19)25-20(26)4-2/h4-8,11-12,19,21H,2-3,9-10,13H2,1H3,(H,24,27)(H,25,26)/t19-,21-/m1/s1. The van der Waals surface area contributed by atoms with Crippen molar-refractivity contribution in [1.29, 1.82) is 0 Å². The van der Waals surface area contributed by atoms with Crippen molar-refractivity contribution < 1.29 is 14.3 Å². The third-order valence-electron chi connectivity index (χ3n) is 5.53. The molecule has 2 aliphatic rings. The van der Waals surface area contributed by atoms with E-state index >= 15 is 0 Å². The Labute approximate surface area is 164 Å². The fourth-order valence-electron chi connectivity index (χ4n) is 4.11. The number of ether oxygens (including phenoxy) is 1. The molecule has 0 spiro atoms. The monoisotopic (exact) mass is 376 g/mol. The number of carbonyl (C=O) groups is 2. The maximum Gasteiger partial charge on any atom is 0.255 e. The molecule has 1 aliphatic heterocycles. The van der Waals surface area contributed by atoms with Gasteiger partial charge in [-0.2, -0.15) is 0 Å². The van der Waals surface area contributed by atoms with Gasteiger partial charge < -0.3 is 15.4 Å². The number of nitrogens with one attached hydrogen (secondary N) is 2. The molecule has 0 fully saturated rings. The van der Waals surface area contributed by atoms with Crippen LogP contribution in [0.25, 0.3) is 0 Å². The fraction of sp³-hybridized carbons (Fsp3) is 0.304. The highest BCUT2D eigenvalue weighted by atomic mass is 16.5. The highest BCUT2D eigenvalue weighted by molar-refractivity contribution is 5.98. The van der Waals surface area contributed by atoms with Crippen LogP contribution < -0.4 is 15.4 Å². The zero-order valence-corrected chi connectivity index (χ0v) is 16.0. The van der Waals surface area contributed by atoms with E-state index in [0.29, 0.717) is 24.3 Å². The number of amides is 2. The van der Waals surface area contributed by atoms with Gasteiger partial charge in [-0.3, -0.25) is 9.59 Å². The second-order valence-electron chi connectivity index (χ2n) is 7.26. The summed E-state index contributed by atoms with van der Waals surface area (Å²) < 4.78 is 5.74. The zero-order chi connectivity index (χ0) is 19.7. The van der Waals surface area contributed by atoms with Crippen LogP contribution in [0.1, 0.15) is 45.6 Å². The molecule has 5 heteroatoms. The molecule has 0 aromatic heterocycles. The summed E-state index contributed by atoms with van der Waals surface area (Å²) in [6.45, 7) is 6.22. The molecule has 5 nitrogen and oxygen atoms in total. The van der Waals surface area contributed by atoms with Crippen molar-refractivity contribution in [1.82, 2.24) is 10.6 Å².